The van der Waals surface area contributed by atoms with E-state index in [9.17, 15) is 5.11 Å². The quantitative estimate of drug-likeness (QED) is 0.576. The molecule has 0 bridgehead atoms. The molecule has 0 spiro atoms. The second-order valence-corrected chi connectivity index (χ2v) is 5.97. The third kappa shape index (κ3) is 2.56. The average molecular weight is 349 g/mol. The van der Waals surface area contributed by atoms with Crippen LogP contribution in [0.2, 0.25) is 0 Å². The Hall–Kier alpha value is -3.41. The standard InChI is InChI=1S/C20H19N3O3/c1-25-13-6-7-17-15(10-13)16(11-22-17)19(23-9-8-21-12-23)14-4-3-5-18(26-2)20(14)24/h3-12,19,22,24H,1-2H3. The van der Waals surface area contributed by atoms with Crippen LogP contribution in [-0.4, -0.2) is 33.9 Å². The highest BCUT2D eigenvalue weighted by molar-refractivity contribution is 5.85. The van der Waals surface area contributed by atoms with Gasteiger partial charge in [-0.05, 0) is 24.3 Å². The molecule has 4 aromatic rings. The molecule has 132 valence electrons. The number of aromatic nitrogens is 3. The first-order valence-electron chi connectivity index (χ1n) is 8.21. The van der Waals surface area contributed by atoms with Gasteiger partial charge in [0.15, 0.2) is 11.5 Å². The Morgan fingerprint density at radius 1 is 1.12 bits per heavy atom. The van der Waals surface area contributed by atoms with Gasteiger partial charge in [-0.2, -0.15) is 0 Å². The average Bonchev–Trinajstić information content (AvgIpc) is 3.34. The van der Waals surface area contributed by atoms with Crippen molar-refractivity contribution in [1.29, 1.82) is 0 Å². The number of nitrogens with zero attached hydrogens (tertiary/aromatic N) is 2. The van der Waals surface area contributed by atoms with Crippen molar-refractivity contribution >= 4 is 10.9 Å². The summed E-state index contributed by atoms with van der Waals surface area (Å²) in [4.78, 5) is 7.48. The third-order valence-corrected chi connectivity index (χ3v) is 4.58. The van der Waals surface area contributed by atoms with Gasteiger partial charge in [0.2, 0.25) is 0 Å². The number of imidazole rings is 1. The molecule has 4 rings (SSSR count). The van der Waals surface area contributed by atoms with Gasteiger partial charge in [0.05, 0.1) is 26.6 Å². The zero-order valence-corrected chi connectivity index (χ0v) is 14.5. The van der Waals surface area contributed by atoms with Crippen LogP contribution >= 0.6 is 0 Å². The van der Waals surface area contributed by atoms with E-state index in [1.807, 2.05) is 47.3 Å². The van der Waals surface area contributed by atoms with Crippen molar-refractivity contribution in [3.8, 4) is 17.2 Å². The number of hydrogen-bond acceptors (Lipinski definition) is 4. The lowest BCUT2D eigenvalue weighted by molar-refractivity contribution is 0.368. The Balaban J connectivity index is 1.97. The van der Waals surface area contributed by atoms with Gasteiger partial charge >= 0.3 is 0 Å². The van der Waals surface area contributed by atoms with Crippen molar-refractivity contribution in [2.24, 2.45) is 0 Å². The molecule has 2 aromatic carbocycles. The van der Waals surface area contributed by atoms with Gasteiger partial charge in [-0.3, -0.25) is 0 Å². The first-order valence-corrected chi connectivity index (χ1v) is 8.21. The second kappa shape index (κ2) is 6.48. The number of benzene rings is 2. The number of hydrogen-bond donors (Lipinski definition) is 2. The Labute approximate surface area is 150 Å². The molecule has 2 aromatic heterocycles. The predicted molar refractivity (Wildman–Crippen MR) is 99.0 cm³/mol. The number of aromatic hydroxyl groups is 1. The van der Waals surface area contributed by atoms with E-state index in [1.165, 1.54) is 0 Å². The number of rotatable bonds is 5. The monoisotopic (exact) mass is 349 g/mol. The normalized spacial score (nSPS) is 12.2. The van der Waals surface area contributed by atoms with Gasteiger partial charge in [-0.25, -0.2) is 4.98 Å². The Morgan fingerprint density at radius 2 is 2.00 bits per heavy atom. The Morgan fingerprint density at radius 3 is 2.73 bits per heavy atom. The highest BCUT2D eigenvalue weighted by Crippen LogP contribution is 2.40. The molecular weight excluding hydrogens is 330 g/mol. The molecule has 1 atom stereocenters. The molecule has 0 aliphatic heterocycles. The van der Waals surface area contributed by atoms with E-state index in [4.69, 9.17) is 9.47 Å². The first kappa shape index (κ1) is 16.1. The number of para-hydroxylation sites is 1. The maximum Gasteiger partial charge on any atom is 0.163 e. The molecule has 0 fully saturated rings. The molecule has 0 amide bonds. The number of phenolic OH excluding ortho intramolecular Hbond substituents is 1. The van der Waals surface area contributed by atoms with Gasteiger partial charge in [0.25, 0.3) is 0 Å². The lowest BCUT2D eigenvalue weighted by atomic mass is 9.96. The van der Waals surface area contributed by atoms with E-state index in [0.29, 0.717) is 5.75 Å². The van der Waals surface area contributed by atoms with Crippen LogP contribution in [0.25, 0.3) is 10.9 Å². The van der Waals surface area contributed by atoms with Crippen LogP contribution in [0.5, 0.6) is 17.2 Å². The minimum absolute atomic E-state index is 0.117. The second-order valence-electron chi connectivity index (χ2n) is 5.97. The fourth-order valence-corrected chi connectivity index (χ4v) is 3.31. The van der Waals surface area contributed by atoms with Crippen molar-refractivity contribution in [1.82, 2.24) is 14.5 Å². The molecule has 2 heterocycles. The van der Waals surface area contributed by atoms with E-state index >= 15 is 0 Å². The summed E-state index contributed by atoms with van der Waals surface area (Å²) in [6, 6.07) is 11.1. The van der Waals surface area contributed by atoms with E-state index in [1.54, 1.807) is 32.8 Å². The van der Waals surface area contributed by atoms with Crippen LogP contribution in [-0.2, 0) is 0 Å². The number of nitrogens with one attached hydrogen (secondary N) is 1. The zero-order chi connectivity index (χ0) is 18.1. The van der Waals surface area contributed by atoms with E-state index in [2.05, 4.69) is 9.97 Å². The van der Waals surface area contributed by atoms with Gasteiger partial charge < -0.3 is 24.1 Å². The lowest BCUT2D eigenvalue weighted by Gasteiger charge is -2.21. The summed E-state index contributed by atoms with van der Waals surface area (Å²) in [6.07, 6.45) is 7.29. The Bertz CT molecular complexity index is 1040. The highest BCUT2D eigenvalue weighted by atomic mass is 16.5. The molecule has 0 aliphatic carbocycles. The van der Waals surface area contributed by atoms with Crippen molar-refractivity contribution in [3.05, 3.63) is 72.4 Å². The molecule has 0 radical (unpaired) electrons. The molecule has 0 saturated heterocycles. The van der Waals surface area contributed by atoms with Crippen LogP contribution in [0.4, 0.5) is 0 Å². The summed E-state index contributed by atoms with van der Waals surface area (Å²) in [6.45, 7) is 0. The minimum atomic E-state index is -0.270. The van der Waals surface area contributed by atoms with Crippen LogP contribution in [0, 0.1) is 0 Å². The molecule has 1 unspecified atom stereocenters. The van der Waals surface area contributed by atoms with Crippen molar-refractivity contribution in [3.63, 3.8) is 0 Å². The smallest absolute Gasteiger partial charge is 0.163 e. The van der Waals surface area contributed by atoms with Crippen LogP contribution in [0.1, 0.15) is 17.2 Å². The highest BCUT2D eigenvalue weighted by Gasteiger charge is 2.24. The topological polar surface area (TPSA) is 72.3 Å². The maximum absolute atomic E-state index is 10.7. The van der Waals surface area contributed by atoms with Gasteiger partial charge in [-0.15, -0.1) is 0 Å². The molecule has 0 aliphatic rings. The van der Waals surface area contributed by atoms with E-state index in [-0.39, 0.29) is 11.8 Å². The summed E-state index contributed by atoms with van der Waals surface area (Å²) < 4.78 is 12.6. The zero-order valence-electron chi connectivity index (χ0n) is 14.5. The Kier molecular flexibility index (Phi) is 4.01. The van der Waals surface area contributed by atoms with E-state index < -0.39 is 0 Å². The van der Waals surface area contributed by atoms with Crippen molar-refractivity contribution < 1.29 is 14.6 Å². The van der Waals surface area contributed by atoms with Gasteiger partial charge in [0.1, 0.15) is 5.75 Å². The largest absolute Gasteiger partial charge is 0.504 e. The molecular formula is C20H19N3O3. The van der Waals surface area contributed by atoms with Crippen molar-refractivity contribution in [2.75, 3.05) is 14.2 Å². The number of aromatic amines is 1. The van der Waals surface area contributed by atoms with Gasteiger partial charge in [-0.1, -0.05) is 12.1 Å². The molecule has 6 nitrogen and oxygen atoms in total. The lowest BCUT2D eigenvalue weighted by Crippen LogP contribution is -2.11. The number of fused-ring (bicyclic) bond motifs is 1. The number of phenols is 1. The van der Waals surface area contributed by atoms with E-state index in [0.717, 1.165) is 27.8 Å². The summed E-state index contributed by atoms with van der Waals surface area (Å²) in [5.74, 6) is 1.33. The molecule has 2 N–H and O–H groups in total. The summed E-state index contributed by atoms with van der Waals surface area (Å²) in [5.41, 5.74) is 2.72. The fourth-order valence-electron chi connectivity index (χ4n) is 3.31. The molecule has 26 heavy (non-hydrogen) atoms. The SMILES string of the molecule is COc1ccc2[nH]cc(C(c3cccc(OC)c3O)n3ccnc3)c2c1. The number of methoxy groups -OCH3 is 2. The van der Waals surface area contributed by atoms with Crippen molar-refractivity contribution in [2.45, 2.75) is 6.04 Å². The van der Waals surface area contributed by atoms with Crippen LogP contribution in [0.15, 0.2) is 61.3 Å². The predicted octanol–water partition coefficient (Wildman–Crippen LogP) is 3.72. The third-order valence-electron chi connectivity index (χ3n) is 4.58. The summed E-state index contributed by atoms with van der Waals surface area (Å²) in [5, 5.41) is 11.8. The summed E-state index contributed by atoms with van der Waals surface area (Å²) in [7, 11) is 3.19. The van der Waals surface area contributed by atoms with Gasteiger partial charge in [0, 0.05) is 40.6 Å². The first-order chi connectivity index (χ1) is 12.7. The minimum Gasteiger partial charge on any atom is -0.504 e. The van der Waals surface area contributed by atoms with Crippen LogP contribution < -0.4 is 9.47 Å². The maximum atomic E-state index is 10.7. The number of H-pyrrole nitrogens is 1. The fraction of sp³-hybridized carbons (Fsp3) is 0.150. The number of ether oxygens (including phenoxy) is 2. The summed E-state index contributed by atoms with van der Waals surface area (Å²) >= 11 is 0. The van der Waals surface area contributed by atoms with Crippen LogP contribution in [0.3, 0.4) is 0 Å². The molecule has 0 saturated carbocycles. The molecule has 6 heteroatoms.